The van der Waals surface area contributed by atoms with Crippen LogP contribution in [-0.2, 0) is 6.42 Å². The van der Waals surface area contributed by atoms with Gasteiger partial charge in [-0.3, -0.25) is 0 Å². The monoisotopic (exact) mass is 282 g/mol. The van der Waals surface area contributed by atoms with Crippen molar-refractivity contribution >= 4 is 29.0 Å². The Hall–Kier alpha value is -1.29. The van der Waals surface area contributed by atoms with E-state index < -0.39 is 6.10 Å². The van der Waals surface area contributed by atoms with Crippen molar-refractivity contribution in [3.8, 4) is 0 Å². The average molecular weight is 283 g/mol. The van der Waals surface area contributed by atoms with Gasteiger partial charge in [0.2, 0.25) is 0 Å². The number of nitrogens with two attached hydrogens (primary N) is 1. The Balaban J connectivity index is 2.19. The second-order valence-corrected chi connectivity index (χ2v) is 4.76. The zero-order valence-electron chi connectivity index (χ0n) is 9.48. The first kappa shape index (κ1) is 13.1. The number of nitrogen functional groups attached to an aromatic ring is 1. The van der Waals surface area contributed by atoms with E-state index in [9.17, 15) is 5.11 Å². The molecule has 2 aromatic rings. The van der Waals surface area contributed by atoms with Crippen LogP contribution in [0, 0.1) is 0 Å². The third-order valence-electron chi connectivity index (χ3n) is 2.67. The van der Waals surface area contributed by atoms with Crippen LogP contribution in [0.25, 0.3) is 0 Å². The number of aliphatic hydroxyl groups is 1. The van der Waals surface area contributed by atoms with Crippen LogP contribution >= 0.6 is 23.2 Å². The van der Waals surface area contributed by atoms with E-state index in [1.165, 1.54) is 0 Å². The van der Waals surface area contributed by atoms with E-state index in [0.717, 1.165) is 5.56 Å². The highest BCUT2D eigenvalue weighted by molar-refractivity contribution is 6.42. The predicted molar refractivity (Wildman–Crippen MR) is 73.8 cm³/mol. The molecule has 0 saturated heterocycles. The maximum Gasteiger partial charge on any atom is 0.126 e. The molecular weight excluding hydrogens is 271 g/mol. The molecule has 5 heteroatoms. The Labute approximate surface area is 115 Å². The lowest BCUT2D eigenvalue weighted by Crippen LogP contribution is -2.05. The summed E-state index contributed by atoms with van der Waals surface area (Å²) >= 11 is 11.7. The summed E-state index contributed by atoms with van der Waals surface area (Å²) in [6, 6.07) is 8.68. The topological polar surface area (TPSA) is 59.1 Å². The van der Waals surface area contributed by atoms with Gasteiger partial charge in [-0.25, -0.2) is 4.98 Å². The molecule has 0 spiro atoms. The SMILES string of the molecule is Nc1ncccc1CC(O)c1ccc(Cl)c(Cl)c1. The molecule has 0 bridgehead atoms. The molecule has 1 heterocycles. The smallest absolute Gasteiger partial charge is 0.126 e. The Kier molecular flexibility index (Phi) is 4.07. The van der Waals surface area contributed by atoms with Crippen molar-refractivity contribution in [3.63, 3.8) is 0 Å². The van der Waals surface area contributed by atoms with Crippen LogP contribution in [0.1, 0.15) is 17.2 Å². The number of benzene rings is 1. The van der Waals surface area contributed by atoms with Gasteiger partial charge in [-0.05, 0) is 29.3 Å². The van der Waals surface area contributed by atoms with Crippen LogP contribution < -0.4 is 5.73 Å². The number of hydrogen-bond donors (Lipinski definition) is 2. The van der Waals surface area contributed by atoms with Gasteiger partial charge in [-0.2, -0.15) is 0 Å². The van der Waals surface area contributed by atoms with Crippen molar-refractivity contribution < 1.29 is 5.11 Å². The van der Waals surface area contributed by atoms with Gasteiger partial charge in [0.1, 0.15) is 5.82 Å². The van der Waals surface area contributed by atoms with Crippen LogP contribution in [0.15, 0.2) is 36.5 Å². The van der Waals surface area contributed by atoms with Crippen LogP contribution in [0.5, 0.6) is 0 Å². The van der Waals surface area contributed by atoms with Gasteiger partial charge < -0.3 is 10.8 Å². The predicted octanol–water partition coefficient (Wildman–Crippen LogP) is 3.25. The second kappa shape index (κ2) is 5.57. The number of aliphatic hydroxyl groups excluding tert-OH is 1. The standard InChI is InChI=1S/C13H12Cl2N2O/c14-10-4-3-8(6-11(10)15)12(18)7-9-2-1-5-17-13(9)16/h1-6,12,18H,7H2,(H2,16,17). The molecule has 3 nitrogen and oxygen atoms in total. The molecule has 1 aromatic carbocycles. The number of rotatable bonds is 3. The quantitative estimate of drug-likeness (QED) is 0.909. The van der Waals surface area contributed by atoms with Gasteiger partial charge in [0.15, 0.2) is 0 Å². The van der Waals surface area contributed by atoms with Crippen molar-refractivity contribution in [2.75, 3.05) is 5.73 Å². The first-order valence-corrected chi connectivity index (χ1v) is 6.16. The Morgan fingerprint density at radius 3 is 2.67 bits per heavy atom. The van der Waals surface area contributed by atoms with E-state index >= 15 is 0 Å². The number of pyridine rings is 1. The largest absolute Gasteiger partial charge is 0.388 e. The zero-order chi connectivity index (χ0) is 13.1. The van der Waals surface area contributed by atoms with Gasteiger partial charge in [-0.1, -0.05) is 35.3 Å². The molecule has 1 unspecified atom stereocenters. The molecule has 94 valence electrons. The van der Waals surface area contributed by atoms with Gasteiger partial charge in [-0.15, -0.1) is 0 Å². The molecule has 2 rings (SSSR count). The van der Waals surface area contributed by atoms with Crippen molar-refractivity contribution in [2.24, 2.45) is 0 Å². The lowest BCUT2D eigenvalue weighted by Gasteiger charge is -2.12. The van der Waals surface area contributed by atoms with E-state index in [-0.39, 0.29) is 0 Å². The number of nitrogens with zero attached hydrogens (tertiary/aromatic N) is 1. The summed E-state index contributed by atoms with van der Waals surface area (Å²) in [5, 5.41) is 11.0. The molecule has 18 heavy (non-hydrogen) atoms. The molecule has 0 aliphatic heterocycles. The normalized spacial score (nSPS) is 12.4. The maximum atomic E-state index is 10.1. The third kappa shape index (κ3) is 2.93. The lowest BCUT2D eigenvalue weighted by atomic mass is 10.0. The minimum atomic E-state index is -0.689. The molecule has 1 atom stereocenters. The Morgan fingerprint density at radius 1 is 1.22 bits per heavy atom. The summed E-state index contributed by atoms with van der Waals surface area (Å²) < 4.78 is 0. The van der Waals surface area contributed by atoms with Crippen LogP contribution in [0.4, 0.5) is 5.82 Å². The summed E-state index contributed by atoms with van der Waals surface area (Å²) in [4.78, 5) is 3.98. The molecule has 0 aliphatic carbocycles. The minimum Gasteiger partial charge on any atom is -0.388 e. The lowest BCUT2D eigenvalue weighted by molar-refractivity contribution is 0.178. The molecule has 3 N–H and O–H groups in total. The van der Waals surface area contributed by atoms with Crippen molar-refractivity contribution in [2.45, 2.75) is 12.5 Å². The fraction of sp³-hybridized carbons (Fsp3) is 0.154. The summed E-state index contributed by atoms with van der Waals surface area (Å²) in [5.74, 6) is 0.427. The first-order valence-electron chi connectivity index (χ1n) is 5.40. The molecule has 0 saturated carbocycles. The number of aromatic nitrogens is 1. The highest BCUT2D eigenvalue weighted by atomic mass is 35.5. The van der Waals surface area contributed by atoms with Crippen molar-refractivity contribution in [1.29, 1.82) is 0 Å². The van der Waals surface area contributed by atoms with Gasteiger partial charge >= 0.3 is 0 Å². The zero-order valence-corrected chi connectivity index (χ0v) is 11.0. The first-order chi connectivity index (χ1) is 8.58. The molecule has 0 radical (unpaired) electrons. The van der Waals surface area contributed by atoms with E-state index in [1.54, 1.807) is 30.5 Å². The fourth-order valence-corrected chi connectivity index (χ4v) is 1.98. The molecule has 0 amide bonds. The van der Waals surface area contributed by atoms with E-state index in [0.29, 0.717) is 27.8 Å². The molecule has 0 aliphatic rings. The number of halogens is 2. The number of anilines is 1. The highest BCUT2D eigenvalue weighted by Crippen LogP contribution is 2.27. The van der Waals surface area contributed by atoms with Gasteiger partial charge in [0.05, 0.1) is 16.1 Å². The highest BCUT2D eigenvalue weighted by Gasteiger charge is 2.12. The Bertz CT molecular complexity index is 560. The van der Waals surface area contributed by atoms with Crippen LogP contribution in [-0.4, -0.2) is 10.1 Å². The second-order valence-electron chi connectivity index (χ2n) is 3.94. The molecule has 1 aromatic heterocycles. The third-order valence-corrected chi connectivity index (χ3v) is 3.41. The van der Waals surface area contributed by atoms with E-state index in [4.69, 9.17) is 28.9 Å². The fourth-order valence-electron chi connectivity index (χ4n) is 1.67. The van der Waals surface area contributed by atoms with E-state index in [2.05, 4.69) is 4.98 Å². The van der Waals surface area contributed by atoms with Crippen molar-refractivity contribution in [3.05, 3.63) is 57.7 Å². The van der Waals surface area contributed by atoms with Gasteiger partial charge in [0.25, 0.3) is 0 Å². The summed E-state index contributed by atoms with van der Waals surface area (Å²) in [6.45, 7) is 0. The van der Waals surface area contributed by atoms with E-state index in [1.807, 2.05) is 6.07 Å². The Morgan fingerprint density at radius 2 is 2.00 bits per heavy atom. The van der Waals surface area contributed by atoms with Crippen LogP contribution in [0.2, 0.25) is 10.0 Å². The van der Waals surface area contributed by atoms with Crippen LogP contribution in [0.3, 0.4) is 0 Å². The average Bonchev–Trinajstić information content (AvgIpc) is 2.35. The number of hydrogen-bond acceptors (Lipinski definition) is 3. The molecular formula is C13H12Cl2N2O. The van der Waals surface area contributed by atoms with Gasteiger partial charge in [0, 0.05) is 12.6 Å². The maximum absolute atomic E-state index is 10.1. The van der Waals surface area contributed by atoms with Crippen molar-refractivity contribution in [1.82, 2.24) is 4.98 Å². The molecule has 0 fully saturated rings. The minimum absolute atomic E-state index is 0.387. The summed E-state index contributed by atoms with van der Waals surface area (Å²) in [5.41, 5.74) is 7.23. The summed E-state index contributed by atoms with van der Waals surface area (Å²) in [6.07, 6.45) is 1.31. The summed E-state index contributed by atoms with van der Waals surface area (Å²) in [7, 11) is 0.